The van der Waals surface area contributed by atoms with Gasteiger partial charge in [0.05, 0.1) is 0 Å². The van der Waals surface area contributed by atoms with Gasteiger partial charge < -0.3 is 10.3 Å². The molecule has 140 valence electrons. The molecule has 1 aliphatic heterocycles. The summed E-state index contributed by atoms with van der Waals surface area (Å²) in [5, 5.41) is 4.10. The zero-order valence-electron chi connectivity index (χ0n) is 15.5. The lowest BCUT2D eigenvalue weighted by molar-refractivity contribution is 0.0930. The molecular weight excluding hydrogens is 336 g/mol. The van der Waals surface area contributed by atoms with Crippen LogP contribution in [0.1, 0.15) is 16.1 Å². The Bertz CT molecular complexity index is 848. The van der Waals surface area contributed by atoms with E-state index in [0.29, 0.717) is 12.2 Å². The van der Waals surface area contributed by atoms with E-state index in [2.05, 4.69) is 50.4 Å². The number of nitrogens with zero attached hydrogens (tertiary/aromatic N) is 2. The number of amides is 1. The molecule has 2 heterocycles. The van der Waals surface area contributed by atoms with Gasteiger partial charge in [0.1, 0.15) is 5.69 Å². The average Bonchev–Trinajstić information content (AvgIpc) is 3.14. The van der Waals surface area contributed by atoms with Crippen molar-refractivity contribution in [3.8, 4) is 0 Å². The second kappa shape index (κ2) is 8.37. The fourth-order valence-electron chi connectivity index (χ4n) is 3.63. The molecule has 1 amide bonds. The number of fused-ring (bicyclic) bond motifs is 1. The third-order valence-electron chi connectivity index (χ3n) is 5.20. The molecule has 3 aromatic rings. The highest BCUT2D eigenvalue weighted by molar-refractivity contribution is 5.97. The highest BCUT2D eigenvalue weighted by Crippen LogP contribution is 2.14. The first-order valence-electron chi connectivity index (χ1n) is 9.62. The number of rotatable bonds is 6. The maximum Gasteiger partial charge on any atom is 0.267 e. The van der Waals surface area contributed by atoms with Crippen LogP contribution in [0.25, 0.3) is 10.9 Å². The Morgan fingerprint density at radius 3 is 2.41 bits per heavy atom. The topological polar surface area (TPSA) is 51.4 Å². The number of benzene rings is 2. The number of aromatic amines is 1. The summed E-state index contributed by atoms with van der Waals surface area (Å²) < 4.78 is 0. The molecule has 27 heavy (non-hydrogen) atoms. The molecule has 5 heteroatoms. The van der Waals surface area contributed by atoms with Gasteiger partial charge in [-0.05, 0) is 17.7 Å². The van der Waals surface area contributed by atoms with Crippen LogP contribution in [0.5, 0.6) is 0 Å². The first-order chi connectivity index (χ1) is 13.3. The summed E-state index contributed by atoms with van der Waals surface area (Å²) in [7, 11) is 0. The lowest BCUT2D eigenvalue weighted by Gasteiger charge is -2.34. The monoisotopic (exact) mass is 362 g/mol. The van der Waals surface area contributed by atoms with Gasteiger partial charge in [-0.1, -0.05) is 48.5 Å². The summed E-state index contributed by atoms with van der Waals surface area (Å²) in [6, 6.07) is 20.5. The van der Waals surface area contributed by atoms with Crippen molar-refractivity contribution in [2.24, 2.45) is 0 Å². The molecule has 1 fully saturated rings. The highest BCUT2D eigenvalue weighted by atomic mass is 16.1. The van der Waals surface area contributed by atoms with E-state index in [4.69, 9.17) is 0 Å². The molecule has 2 aromatic carbocycles. The van der Waals surface area contributed by atoms with Gasteiger partial charge >= 0.3 is 0 Å². The number of nitrogens with one attached hydrogen (secondary N) is 2. The number of carbonyl (C=O) groups excluding carboxylic acids is 1. The second-order valence-electron chi connectivity index (χ2n) is 7.13. The SMILES string of the molecule is O=C(NCCN1CCN(Cc2ccccc2)CC1)c1cc2ccccc2[nH]1. The van der Waals surface area contributed by atoms with Gasteiger partial charge in [0.2, 0.25) is 0 Å². The van der Waals surface area contributed by atoms with Crippen LogP contribution in [0.4, 0.5) is 0 Å². The molecule has 0 saturated carbocycles. The zero-order chi connectivity index (χ0) is 18.5. The lowest BCUT2D eigenvalue weighted by Crippen LogP contribution is -2.48. The molecule has 1 aromatic heterocycles. The van der Waals surface area contributed by atoms with Crippen LogP contribution in [0.15, 0.2) is 60.7 Å². The van der Waals surface area contributed by atoms with E-state index in [-0.39, 0.29) is 5.91 Å². The number of hydrogen-bond acceptors (Lipinski definition) is 3. The molecule has 0 aliphatic carbocycles. The maximum atomic E-state index is 12.3. The van der Waals surface area contributed by atoms with Crippen molar-refractivity contribution < 1.29 is 4.79 Å². The Morgan fingerprint density at radius 2 is 1.63 bits per heavy atom. The molecule has 1 saturated heterocycles. The predicted molar refractivity (Wildman–Crippen MR) is 109 cm³/mol. The maximum absolute atomic E-state index is 12.3. The minimum absolute atomic E-state index is 0.0334. The first kappa shape index (κ1) is 17.8. The summed E-state index contributed by atoms with van der Waals surface area (Å²) >= 11 is 0. The van der Waals surface area contributed by atoms with E-state index < -0.39 is 0 Å². The average molecular weight is 362 g/mol. The Balaban J connectivity index is 1.19. The largest absolute Gasteiger partial charge is 0.351 e. The van der Waals surface area contributed by atoms with Crippen molar-refractivity contribution in [2.75, 3.05) is 39.3 Å². The van der Waals surface area contributed by atoms with Crippen LogP contribution >= 0.6 is 0 Å². The number of para-hydroxylation sites is 1. The van der Waals surface area contributed by atoms with E-state index in [9.17, 15) is 4.79 Å². The second-order valence-corrected chi connectivity index (χ2v) is 7.13. The van der Waals surface area contributed by atoms with Crippen molar-refractivity contribution in [3.63, 3.8) is 0 Å². The van der Waals surface area contributed by atoms with Crippen LogP contribution in [0, 0.1) is 0 Å². The summed E-state index contributed by atoms with van der Waals surface area (Å²) in [6.07, 6.45) is 0. The molecule has 0 atom stereocenters. The summed E-state index contributed by atoms with van der Waals surface area (Å²) in [6.45, 7) is 6.84. The quantitative estimate of drug-likeness (QED) is 0.709. The predicted octanol–water partition coefficient (Wildman–Crippen LogP) is 2.72. The van der Waals surface area contributed by atoms with Crippen LogP contribution in [0.2, 0.25) is 0 Å². The zero-order valence-corrected chi connectivity index (χ0v) is 15.5. The van der Waals surface area contributed by atoms with E-state index in [1.54, 1.807) is 0 Å². The van der Waals surface area contributed by atoms with Gasteiger partial charge in [0.25, 0.3) is 5.91 Å². The molecule has 2 N–H and O–H groups in total. The van der Waals surface area contributed by atoms with Crippen molar-refractivity contribution in [1.29, 1.82) is 0 Å². The number of carbonyl (C=O) groups is 1. The van der Waals surface area contributed by atoms with Crippen LogP contribution in [-0.4, -0.2) is 60.0 Å². The summed E-state index contributed by atoms with van der Waals surface area (Å²) in [5.74, 6) is -0.0334. The van der Waals surface area contributed by atoms with Gasteiger partial charge in [0.15, 0.2) is 0 Å². The Labute approximate surface area is 160 Å². The summed E-state index contributed by atoms with van der Waals surface area (Å²) in [4.78, 5) is 20.4. The number of H-pyrrole nitrogens is 1. The van der Waals surface area contributed by atoms with Crippen molar-refractivity contribution in [3.05, 3.63) is 71.9 Å². The molecule has 4 rings (SSSR count). The number of piperazine rings is 1. The van der Waals surface area contributed by atoms with Crippen molar-refractivity contribution in [1.82, 2.24) is 20.1 Å². The molecule has 0 bridgehead atoms. The Hall–Kier alpha value is -2.63. The van der Waals surface area contributed by atoms with Gasteiger partial charge in [-0.15, -0.1) is 0 Å². The molecular formula is C22H26N4O. The lowest BCUT2D eigenvalue weighted by atomic mass is 10.2. The third kappa shape index (κ3) is 4.56. The molecule has 0 radical (unpaired) electrons. The Morgan fingerprint density at radius 1 is 0.926 bits per heavy atom. The van der Waals surface area contributed by atoms with Gasteiger partial charge in [-0.25, -0.2) is 0 Å². The summed E-state index contributed by atoms with van der Waals surface area (Å²) in [5.41, 5.74) is 3.00. The normalized spacial score (nSPS) is 15.9. The number of aromatic nitrogens is 1. The van der Waals surface area contributed by atoms with E-state index in [1.807, 2.05) is 30.3 Å². The van der Waals surface area contributed by atoms with Crippen LogP contribution in [0.3, 0.4) is 0 Å². The molecule has 0 unspecified atom stereocenters. The van der Waals surface area contributed by atoms with E-state index in [1.165, 1.54) is 5.56 Å². The standard InChI is InChI=1S/C22H26N4O/c27-22(21-16-19-8-4-5-9-20(19)24-21)23-10-11-25-12-14-26(15-13-25)17-18-6-2-1-3-7-18/h1-9,16,24H,10-15,17H2,(H,23,27). The first-order valence-corrected chi connectivity index (χ1v) is 9.62. The van der Waals surface area contributed by atoms with Gasteiger partial charge in [-0.2, -0.15) is 0 Å². The van der Waals surface area contributed by atoms with Crippen molar-refractivity contribution >= 4 is 16.8 Å². The Kier molecular flexibility index (Phi) is 5.51. The number of hydrogen-bond donors (Lipinski definition) is 2. The van der Waals surface area contributed by atoms with Crippen LogP contribution < -0.4 is 5.32 Å². The van der Waals surface area contributed by atoms with E-state index in [0.717, 1.165) is 50.2 Å². The van der Waals surface area contributed by atoms with Crippen molar-refractivity contribution in [2.45, 2.75) is 6.54 Å². The smallest absolute Gasteiger partial charge is 0.267 e. The minimum atomic E-state index is -0.0334. The van der Waals surface area contributed by atoms with Crippen LogP contribution in [-0.2, 0) is 6.54 Å². The molecule has 5 nitrogen and oxygen atoms in total. The third-order valence-corrected chi connectivity index (χ3v) is 5.20. The fraction of sp³-hybridized carbons (Fsp3) is 0.318. The minimum Gasteiger partial charge on any atom is -0.351 e. The fourth-order valence-corrected chi connectivity index (χ4v) is 3.63. The van der Waals surface area contributed by atoms with Gasteiger partial charge in [0, 0.05) is 56.7 Å². The highest BCUT2D eigenvalue weighted by Gasteiger charge is 2.17. The van der Waals surface area contributed by atoms with Gasteiger partial charge in [-0.3, -0.25) is 14.6 Å². The molecule has 0 spiro atoms. The molecule has 1 aliphatic rings. The van der Waals surface area contributed by atoms with E-state index >= 15 is 0 Å².